The third kappa shape index (κ3) is 9.10. The van der Waals surface area contributed by atoms with Gasteiger partial charge in [0.2, 0.25) is 0 Å². The van der Waals surface area contributed by atoms with E-state index >= 15 is 0 Å². The topological polar surface area (TPSA) is 79.6 Å². The van der Waals surface area contributed by atoms with Crippen molar-refractivity contribution in [1.29, 1.82) is 4.78 Å². The van der Waals surface area contributed by atoms with E-state index in [0.29, 0.717) is 0 Å². The summed E-state index contributed by atoms with van der Waals surface area (Å²) in [5.74, 6) is 0. The maximum Gasteiger partial charge on any atom is 0.417 e. The van der Waals surface area contributed by atoms with Crippen LogP contribution in [-0.4, -0.2) is 14.1 Å². The van der Waals surface area contributed by atoms with Gasteiger partial charge in [0, 0.05) is 10.6 Å². The van der Waals surface area contributed by atoms with Gasteiger partial charge in [-0.05, 0) is 41.2 Å². The third-order valence-electron chi connectivity index (χ3n) is 4.16. The molecule has 2 rings (SSSR count). The summed E-state index contributed by atoms with van der Waals surface area (Å²) >= 11 is 5.89. The minimum Gasteiger partial charge on any atom is -0.391 e. The van der Waals surface area contributed by atoms with Crippen LogP contribution in [0.2, 0.25) is 5.02 Å². The Balaban J connectivity index is 0.00000110. The van der Waals surface area contributed by atoms with E-state index < -0.39 is 22.2 Å². The van der Waals surface area contributed by atoms with Gasteiger partial charge in [0.1, 0.15) is 6.61 Å². The van der Waals surface area contributed by atoms with Gasteiger partial charge < -0.3 is 4.84 Å². The maximum atomic E-state index is 13.3. The molecule has 2 aromatic carbocycles. The first-order valence-corrected chi connectivity index (χ1v) is 10.7. The Bertz CT molecular complexity index is 1010. The highest BCUT2D eigenvalue weighted by molar-refractivity contribution is 7.60. The number of rotatable bonds is 5. The molecular formula is C21H24ClF3N2O3S. The van der Waals surface area contributed by atoms with E-state index in [1.165, 1.54) is 17.7 Å². The highest BCUT2D eigenvalue weighted by Gasteiger charge is 2.34. The van der Waals surface area contributed by atoms with Crippen LogP contribution >= 0.6 is 11.6 Å². The molecule has 0 radical (unpaired) electrons. The zero-order valence-corrected chi connectivity index (χ0v) is 19.1. The van der Waals surface area contributed by atoms with Crippen molar-refractivity contribution >= 4 is 27.8 Å². The van der Waals surface area contributed by atoms with Crippen molar-refractivity contribution in [3.63, 3.8) is 0 Å². The normalized spacial score (nSPS) is 12.1. The fourth-order valence-corrected chi connectivity index (χ4v) is 2.76. The van der Waals surface area contributed by atoms with Crippen LogP contribution in [0.15, 0.2) is 47.6 Å². The Hall–Kier alpha value is -2.39. The van der Waals surface area contributed by atoms with Crippen LogP contribution in [0.5, 0.6) is 0 Å². The summed E-state index contributed by atoms with van der Waals surface area (Å²) < 4.78 is 62.6. The number of nitrogens with zero attached hydrogens (tertiary/aromatic N) is 1. The van der Waals surface area contributed by atoms with E-state index in [1.807, 2.05) is 24.3 Å². The molecule has 0 aromatic heterocycles. The van der Waals surface area contributed by atoms with Crippen molar-refractivity contribution in [2.45, 2.75) is 52.3 Å². The van der Waals surface area contributed by atoms with Crippen molar-refractivity contribution in [1.82, 2.24) is 0 Å². The van der Waals surface area contributed by atoms with Crippen LogP contribution in [0.25, 0.3) is 0 Å². The summed E-state index contributed by atoms with van der Waals surface area (Å²) in [6.07, 6.45) is -4.20. The monoisotopic (exact) mass is 476 g/mol. The van der Waals surface area contributed by atoms with Gasteiger partial charge in [-0.25, -0.2) is 0 Å². The van der Waals surface area contributed by atoms with Crippen molar-refractivity contribution in [2.24, 2.45) is 5.16 Å². The van der Waals surface area contributed by atoms with Crippen LogP contribution in [0.3, 0.4) is 0 Å². The molecule has 2 aromatic rings. The molecule has 0 saturated heterocycles. The molecule has 0 aliphatic rings. The molecule has 0 fully saturated rings. The number of hydrogen-bond acceptors (Lipinski definition) is 5. The average Bonchev–Trinajstić information content (AvgIpc) is 2.63. The number of alkyl halides is 3. The molecule has 10 heteroatoms. The lowest BCUT2D eigenvalue weighted by atomic mass is 9.87. The largest absolute Gasteiger partial charge is 0.417 e. The Morgan fingerprint density at radius 3 is 2.10 bits per heavy atom. The van der Waals surface area contributed by atoms with Crippen LogP contribution in [-0.2, 0) is 33.5 Å². The summed E-state index contributed by atoms with van der Waals surface area (Å²) in [4.78, 5) is 5.34. The molecule has 0 bridgehead atoms. The van der Waals surface area contributed by atoms with Crippen LogP contribution in [0, 0.1) is 4.78 Å². The first kappa shape index (κ1) is 26.6. The highest BCUT2D eigenvalue weighted by Crippen LogP contribution is 2.34. The summed E-state index contributed by atoms with van der Waals surface area (Å²) in [5.41, 5.74) is 1.51. The summed E-state index contributed by atoms with van der Waals surface area (Å²) in [7, 11) is -2.61. The van der Waals surface area contributed by atoms with Gasteiger partial charge in [-0.3, -0.25) is 0 Å². The molecule has 0 aliphatic heterocycles. The van der Waals surface area contributed by atoms with Gasteiger partial charge in [0.05, 0.1) is 11.3 Å². The lowest BCUT2D eigenvalue weighted by molar-refractivity contribution is -0.137. The highest BCUT2D eigenvalue weighted by atomic mass is 35.5. The molecule has 0 saturated carbocycles. The lowest BCUT2D eigenvalue weighted by Crippen LogP contribution is -2.13. The van der Waals surface area contributed by atoms with Gasteiger partial charge in [0.25, 0.3) is 0 Å². The summed E-state index contributed by atoms with van der Waals surface area (Å²) in [5, 5.41) is 4.17. The lowest BCUT2D eigenvalue weighted by Gasteiger charge is -2.19. The number of benzene rings is 2. The van der Waals surface area contributed by atoms with Gasteiger partial charge in [-0.15, -0.1) is 0 Å². The van der Waals surface area contributed by atoms with Crippen molar-refractivity contribution < 1.29 is 26.4 Å². The zero-order chi connectivity index (χ0) is 23.8. The van der Waals surface area contributed by atoms with Crippen LogP contribution < -0.4 is 0 Å². The predicted octanol–water partition coefficient (Wildman–Crippen LogP) is 6.62. The zero-order valence-electron chi connectivity index (χ0n) is 17.5. The standard InChI is InChI=1S/C21H23ClF3NO.HNO2S/c1-5-19(17-12-16(22)10-11-18(17)21(23,24)25)26-27-13-14-6-8-15(9-7-14)20(2,3)4;1-4(2)3/h6-12H,5,13H2,1-4H3;1H/b26-19+;. The van der Waals surface area contributed by atoms with Gasteiger partial charge in [-0.1, -0.05) is 68.7 Å². The van der Waals surface area contributed by atoms with E-state index in [9.17, 15) is 13.2 Å². The number of halogens is 4. The van der Waals surface area contributed by atoms with E-state index in [-0.39, 0.29) is 34.7 Å². The molecule has 0 unspecified atom stereocenters. The Morgan fingerprint density at radius 2 is 1.65 bits per heavy atom. The van der Waals surface area contributed by atoms with E-state index in [0.717, 1.165) is 11.6 Å². The quantitative estimate of drug-likeness (QED) is 0.389. The third-order valence-corrected chi connectivity index (χ3v) is 4.39. The molecule has 0 aliphatic carbocycles. The average molecular weight is 477 g/mol. The van der Waals surface area contributed by atoms with E-state index in [1.54, 1.807) is 6.92 Å². The number of nitrogens with one attached hydrogen (secondary N) is 1. The van der Waals surface area contributed by atoms with E-state index in [4.69, 9.17) is 29.6 Å². The molecule has 5 nitrogen and oxygen atoms in total. The van der Waals surface area contributed by atoms with Gasteiger partial charge in [0.15, 0.2) is 0 Å². The minimum absolute atomic E-state index is 0.0491. The number of hydrogen-bond donors (Lipinski definition) is 1. The van der Waals surface area contributed by atoms with Crippen molar-refractivity contribution in [3.8, 4) is 0 Å². The Morgan fingerprint density at radius 1 is 1.10 bits per heavy atom. The molecule has 170 valence electrons. The molecule has 31 heavy (non-hydrogen) atoms. The van der Waals surface area contributed by atoms with E-state index in [2.05, 4.69) is 25.9 Å². The van der Waals surface area contributed by atoms with Crippen LogP contribution in [0.4, 0.5) is 13.2 Å². The first-order chi connectivity index (χ1) is 14.3. The van der Waals surface area contributed by atoms with Gasteiger partial charge in [-0.2, -0.15) is 26.4 Å². The van der Waals surface area contributed by atoms with Crippen LogP contribution in [0.1, 0.15) is 56.4 Å². The molecule has 0 amide bonds. The molecular weight excluding hydrogens is 453 g/mol. The summed E-state index contributed by atoms with van der Waals surface area (Å²) in [6.45, 7) is 8.27. The first-order valence-electron chi connectivity index (χ1n) is 9.21. The predicted molar refractivity (Wildman–Crippen MR) is 115 cm³/mol. The summed E-state index contributed by atoms with van der Waals surface area (Å²) in [6, 6.07) is 11.4. The van der Waals surface area contributed by atoms with Gasteiger partial charge >= 0.3 is 16.7 Å². The SMILES string of the molecule is CC/C(=N\OCc1ccc(C(C)(C)C)cc1)c1cc(Cl)ccc1C(F)(F)F.N=S(=O)=O. The smallest absolute Gasteiger partial charge is 0.391 e. The van der Waals surface area contributed by atoms with Crippen molar-refractivity contribution in [3.05, 3.63) is 69.7 Å². The molecule has 1 N–H and O–H groups in total. The molecule has 0 atom stereocenters. The Kier molecular flexibility index (Phi) is 9.71. The maximum absolute atomic E-state index is 13.3. The second-order valence-electron chi connectivity index (χ2n) is 7.53. The molecule has 0 heterocycles. The second-order valence-corrected chi connectivity index (χ2v) is 8.44. The fraction of sp³-hybridized carbons (Fsp3) is 0.381. The Labute approximate surface area is 186 Å². The second kappa shape index (κ2) is 11.3. The van der Waals surface area contributed by atoms with Crippen molar-refractivity contribution in [2.75, 3.05) is 0 Å². The fourth-order valence-electron chi connectivity index (χ4n) is 2.59. The molecule has 0 spiro atoms. The minimum atomic E-state index is -4.49. The number of oxime groups is 1.